The van der Waals surface area contributed by atoms with E-state index in [4.69, 9.17) is 4.74 Å². The Bertz CT molecular complexity index is 903. The van der Waals surface area contributed by atoms with Crippen molar-refractivity contribution >= 4 is 5.91 Å². The molecule has 1 amide bonds. The molecule has 0 atom stereocenters. The summed E-state index contributed by atoms with van der Waals surface area (Å²) in [6.45, 7) is 2.44. The zero-order chi connectivity index (χ0) is 20.3. The number of aromatic nitrogens is 1. The average Bonchev–Trinajstić information content (AvgIpc) is 2.67. The number of amides is 1. The molecule has 1 aromatic heterocycles. The van der Waals surface area contributed by atoms with Crippen LogP contribution in [0.15, 0.2) is 41.3 Å². The molecule has 0 saturated carbocycles. The Balaban J connectivity index is 1.65. The Morgan fingerprint density at radius 2 is 1.89 bits per heavy atom. The number of hydrogen-bond donors (Lipinski definition) is 1. The van der Waals surface area contributed by atoms with E-state index in [0.29, 0.717) is 45.0 Å². The summed E-state index contributed by atoms with van der Waals surface area (Å²) in [4.78, 5) is 30.0. The zero-order valence-electron chi connectivity index (χ0n) is 15.3. The number of halogens is 3. The molecule has 0 radical (unpaired) electrons. The number of carbonyl (C=O) groups excluding carboxylic acids is 1. The Hall–Kier alpha value is -2.81. The first-order chi connectivity index (χ1) is 13.3. The van der Waals surface area contributed by atoms with Crippen molar-refractivity contribution in [3.63, 3.8) is 0 Å². The monoisotopic (exact) mass is 395 g/mol. The van der Waals surface area contributed by atoms with Crippen molar-refractivity contribution in [2.45, 2.75) is 12.7 Å². The van der Waals surface area contributed by atoms with Gasteiger partial charge in [0.25, 0.3) is 11.5 Å². The van der Waals surface area contributed by atoms with Crippen LogP contribution in [-0.2, 0) is 12.7 Å². The van der Waals surface area contributed by atoms with E-state index in [-0.39, 0.29) is 0 Å². The number of methoxy groups -OCH3 is 1. The number of ether oxygens (including phenoxy) is 1. The van der Waals surface area contributed by atoms with E-state index < -0.39 is 28.8 Å². The normalized spacial score (nSPS) is 15.5. The fourth-order valence-corrected chi connectivity index (χ4v) is 3.11. The number of nitrogens with zero attached hydrogens (tertiary/aromatic N) is 2. The first kappa shape index (κ1) is 19.9. The van der Waals surface area contributed by atoms with Crippen LogP contribution >= 0.6 is 0 Å². The maximum absolute atomic E-state index is 12.9. The highest BCUT2D eigenvalue weighted by molar-refractivity contribution is 5.94. The fourth-order valence-electron chi connectivity index (χ4n) is 3.11. The summed E-state index contributed by atoms with van der Waals surface area (Å²) in [7, 11) is 1.60. The molecule has 1 N–H and O–H groups in total. The van der Waals surface area contributed by atoms with Crippen molar-refractivity contribution in [1.82, 2.24) is 14.8 Å². The van der Waals surface area contributed by atoms with E-state index in [1.807, 2.05) is 29.2 Å². The third-order valence-electron chi connectivity index (χ3n) is 4.66. The lowest BCUT2D eigenvalue weighted by Gasteiger charge is -2.34. The van der Waals surface area contributed by atoms with E-state index in [0.717, 1.165) is 11.3 Å². The third kappa shape index (κ3) is 4.53. The quantitative estimate of drug-likeness (QED) is 0.863. The summed E-state index contributed by atoms with van der Waals surface area (Å²) < 4.78 is 43.8. The molecule has 1 saturated heterocycles. The topological polar surface area (TPSA) is 65.6 Å². The minimum atomic E-state index is -4.63. The molecule has 1 aromatic carbocycles. The maximum atomic E-state index is 12.9. The van der Waals surface area contributed by atoms with Gasteiger partial charge in [-0.1, -0.05) is 12.1 Å². The van der Waals surface area contributed by atoms with Crippen molar-refractivity contribution in [2.24, 2.45) is 0 Å². The minimum absolute atomic E-state index is 0.332. The number of benzene rings is 1. The molecule has 0 bridgehead atoms. The molecule has 1 aliphatic rings. The smallest absolute Gasteiger partial charge is 0.417 e. The van der Waals surface area contributed by atoms with Gasteiger partial charge in [-0.2, -0.15) is 13.2 Å². The second-order valence-electron chi connectivity index (χ2n) is 6.55. The molecular weight excluding hydrogens is 375 g/mol. The van der Waals surface area contributed by atoms with E-state index in [2.05, 4.69) is 4.90 Å². The molecule has 150 valence electrons. The lowest BCUT2D eigenvalue weighted by Crippen LogP contribution is -2.49. The van der Waals surface area contributed by atoms with Crippen molar-refractivity contribution in [3.05, 3.63) is 63.6 Å². The SMILES string of the molecule is COc1cccc(CN2CCN(C(=O)c3cc(C(F)(F)F)c[nH]c3=O)CC2)c1. The van der Waals surface area contributed by atoms with E-state index in [1.165, 1.54) is 4.90 Å². The average molecular weight is 395 g/mol. The van der Waals surface area contributed by atoms with Gasteiger partial charge in [-0.15, -0.1) is 0 Å². The van der Waals surface area contributed by atoms with Gasteiger partial charge in [-0.3, -0.25) is 14.5 Å². The molecule has 2 heterocycles. The van der Waals surface area contributed by atoms with Gasteiger partial charge in [0, 0.05) is 38.9 Å². The molecule has 1 fully saturated rings. The molecule has 28 heavy (non-hydrogen) atoms. The van der Waals surface area contributed by atoms with Gasteiger partial charge < -0.3 is 14.6 Å². The zero-order valence-corrected chi connectivity index (χ0v) is 15.3. The van der Waals surface area contributed by atoms with Crippen molar-refractivity contribution in [2.75, 3.05) is 33.3 Å². The first-order valence-electron chi connectivity index (χ1n) is 8.72. The number of carbonyl (C=O) groups is 1. The van der Waals surface area contributed by atoms with Crippen LogP contribution < -0.4 is 10.3 Å². The second-order valence-corrected chi connectivity index (χ2v) is 6.55. The van der Waals surface area contributed by atoms with Crippen molar-refractivity contribution in [1.29, 1.82) is 0 Å². The van der Waals surface area contributed by atoms with Gasteiger partial charge in [0.2, 0.25) is 0 Å². The van der Waals surface area contributed by atoms with Gasteiger partial charge >= 0.3 is 6.18 Å². The minimum Gasteiger partial charge on any atom is -0.497 e. The summed E-state index contributed by atoms with van der Waals surface area (Å²) in [6.07, 6.45) is -4.06. The lowest BCUT2D eigenvalue weighted by molar-refractivity contribution is -0.137. The molecule has 0 aliphatic carbocycles. The van der Waals surface area contributed by atoms with Crippen LogP contribution in [0.4, 0.5) is 13.2 Å². The van der Waals surface area contributed by atoms with Crippen LogP contribution in [0.5, 0.6) is 5.75 Å². The molecular formula is C19H20F3N3O3. The van der Waals surface area contributed by atoms with E-state index >= 15 is 0 Å². The second kappa shape index (κ2) is 8.05. The molecule has 1 aliphatic heterocycles. The van der Waals surface area contributed by atoms with Crippen molar-refractivity contribution in [3.8, 4) is 5.75 Å². The Morgan fingerprint density at radius 1 is 1.18 bits per heavy atom. The number of piperazine rings is 1. The Morgan fingerprint density at radius 3 is 2.54 bits per heavy atom. The first-order valence-corrected chi connectivity index (χ1v) is 8.72. The van der Waals surface area contributed by atoms with Crippen molar-refractivity contribution < 1.29 is 22.7 Å². The van der Waals surface area contributed by atoms with Gasteiger partial charge in [0.15, 0.2) is 0 Å². The summed E-state index contributed by atoms with van der Waals surface area (Å²) in [6, 6.07) is 8.27. The predicted molar refractivity (Wildman–Crippen MR) is 96.2 cm³/mol. The van der Waals surface area contributed by atoms with E-state index in [1.54, 1.807) is 7.11 Å². The number of H-pyrrole nitrogens is 1. The third-order valence-corrected chi connectivity index (χ3v) is 4.66. The summed E-state index contributed by atoms with van der Waals surface area (Å²) in [5.74, 6) is 0.0727. The standard InChI is InChI=1S/C19H20F3N3O3/c1-28-15-4-2-3-13(9-15)12-24-5-7-25(8-6-24)18(27)16-10-14(19(20,21)22)11-23-17(16)26/h2-4,9-11H,5-8,12H2,1H3,(H,23,26). The molecule has 0 unspecified atom stereocenters. The van der Waals surface area contributed by atoms with Gasteiger partial charge in [0.05, 0.1) is 12.7 Å². The summed E-state index contributed by atoms with van der Waals surface area (Å²) in [5, 5.41) is 0. The van der Waals surface area contributed by atoms with Crippen LogP contribution in [0.2, 0.25) is 0 Å². The fraction of sp³-hybridized carbons (Fsp3) is 0.368. The number of alkyl halides is 3. The van der Waals surface area contributed by atoms with Crippen LogP contribution in [0.3, 0.4) is 0 Å². The summed E-state index contributed by atoms with van der Waals surface area (Å²) in [5.41, 5.74) is -1.30. The number of rotatable bonds is 4. The Labute approximate surface area is 159 Å². The molecule has 6 nitrogen and oxygen atoms in total. The summed E-state index contributed by atoms with van der Waals surface area (Å²) >= 11 is 0. The molecule has 3 rings (SSSR count). The van der Waals surface area contributed by atoms with Crippen LogP contribution in [0, 0.1) is 0 Å². The van der Waals surface area contributed by atoms with Gasteiger partial charge in [0.1, 0.15) is 11.3 Å². The highest BCUT2D eigenvalue weighted by Crippen LogP contribution is 2.28. The van der Waals surface area contributed by atoms with Crippen LogP contribution in [-0.4, -0.2) is 54.0 Å². The van der Waals surface area contributed by atoms with Crippen LogP contribution in [0.25, 0.3) is 0 Å². The number of hydrogen-bond acceptors (Lipinski definition) is 4. The highest BCUT2D eigenvalue weighted by Gasteiger charge is 2.33. The Kier molecular flexibility index (Phi) is 5.73. The predicted octanol–water partition coefficient (Wildman–Crippen LogP) is 2.36. The van der Waals surface area contributed by atoms with Crippen LogP contribution in [0.1, 0.15) is 21.5 Å². The molecule has 2 aromatic rings. The highest BCUT2D eigenvalue weighted by atomic mass is 19.4. The van der Waals surface area contributed by atoms with Gasteiger partial charge in [-0.05, 0) is 23.8 Å². The lowest BCUT2D eigenvalue weighted by atomic mass is 10.1. The number of nitrogens with one attached hydrogen (secondary N) is 1. The number of pyridine rings is 1. The maximum Gasteiger partial charge on any atom is 0.417 e. The largest absolute Gasteiger partial charge is 0.497 e. The molecule has 9 heteroatoms. The van der Waals surface area contributed by atoms with Gasteiger partial charge in [-0.25, -0.2) is 0 Å². The van der Waals surface area contributed by atoms with E-state index in [9.17, 15) is 22.8 Å². The number of aromatic amines is 1. The molecule has 0 spiro atoms.